The lowest BCUT2D eigenvalue weighted by molar-refractivity contribution is -0.118. The lowest BCUT2D eigenvalue weighted by Gasteiger charge is -2.16. The van der Waals surface area contributed by atoms with Crippen molar-refractivity contribution in [2.45, 2.75) is 32.6 Å². The molecule has 0 fully saturated rings. The minimum Gasteiger partial charge on any atom is -0.316 e. The number of aromatic nitrogens is 2. The van der Waals surface area contributed by atoms with Crippen molar-refractivity contribution in [2.75, 3.05) is 17.3 Å². The average Bonchev–Trinajstić information content (AvgIpc) is 3.02. The van der Waals surface area contributed by atoms with Crippen molar-refractivity contribution in [1.29, 1.82) is 0 Å². The Labute approximate surface area is 139 Å². The number of hydrogen-bond acceptors (Lipinski definition) is 5. The van der Waals surface area contributed by atoms with Crippen LogP contribution < -0.4 is 10.2 Å². The van der Waals surface area contributed by atoms with Crippen LogP contribution in [0.15, 0.2) is 30.3 Å². The van der Waals surface area contributed by atoms with Gasteiger partial charge in [0.2, 0.25) is 16.9 Å². The maximum atomic E-state index is 12.1. The van der Waals surface area contributed by atoms with Gasteiger partial charge in [0.1, 0.15) is 5.01 Å². The minimum absolute atomic E-state index is 0.00631. The second kappa shape index (κ2) is 8.38. The van der Waals surface area contributed by atoms with Crippen LogP contribution in [-0.2, 0) is 16.0 Å². The third-order valence-electron chi connectivity index (χ3n) is 3.33. The maximum absolute atomic E-state index is 12.1. The molecule has 2 amide bonds. The van der Waals surface area contributed by atoms with Crippen LogP contribution in [0.3, 0.4) is 0 Å². The smallest absolute Gasteiger partial charge is 0.226 e. The lowest BCUT2D eigenvalue weighted by Crippen LogP contribution is -2.26. The van der Waals surface area contributed by atoms with Crippen LogP contribution >= 0.6 is 11.3 Å². The summed E-state index contributed by atoms with van der Waals surface area (Å²) < 4.78 is 0. The summed E-state index contributed by atoms with van der Waals surface area (Å²) in [7, 11) is 1.74. The number of para-hydroxylation sites is 1. The third-order valence-corrected chi connectivity index (χ3v) is 4.31. The molecule has 0 bridgehead atoms. The second-order valence-corrected chi connectivity index (χ2v) is 6.11. The van der Waals surface area contributed by atoms with E-state index in [9.17, 15) is 9.59 Å². The van der Waals surface area contributed by atoms with E-state index in [1.165, 1.54) is 11.3 Å². The first-order chi connectivity index (χ1) is 11.1. The van der Waals surface area contributed by atoms with Crippen molar-refractivity contribution >= 4 is 34.0 Å². The van der Waals surface area contributed by atoms with Crippen LogP contribution in [0.1, 0.15) is 31.2 Å². The molecule has 23 heavy (non-hydrogen) atoms. The standard InChI is InChI=1S/C16H20N4O2S/c1-3-14-18-19-16(23-14)17-13(21)10-7-11-15(22)20(2)12-8-5-4-6-9-12/h4-6,8-9H,3,7,10-11H2,1-2H3,(H,17,19,21). The Bertz CT molecular complexity index is 657. The summed E-state index contributed by atoms with van der Waals surface area (Å²) in [5, 5.41) is 12.0. The molecule has 0 atom stereocenters. The van der Waals surface area contributed by atoms with Crippen LogP contribution in [0.25, 0.3) is 0 Å². The van der Waals surface area contributed by atoms with Gasteiger partial charge in [-0.1, -0.05) is 36.5 Å². The number of benzene rings is 1. The quantitative estimate of drug-likeness (QED) is 0.846. The number of carbonyl (C=O) groups excluding carboxylic acids is 2. The lowest BCUT2D eigenvalue weighted by atomic mass is 10.2. The van der Waals surface area contributed by atoms with Crippen molar-refractivity contribution in [3.63, 3.8) is 0 Å². The number of nitrogens with one attached hydrogen (secondary N) is 1. The number of hydrogen-bond donors (Lipinski definition) is 1. The van der Waals surface area contributed by atoms with Crippen molar-refractivity contribution in [3.8, 4) is 0 Å². The van der Waals surface area contributed by atoms with Crippen LogP contribution in [-0.4, -0.2) is 29.1 Å². The Hall–Kier alpha value is -2.28. The van der Waals surface area contributed by atoms with Crippen molar-refractivity contribution < 1.29 is 9.59 Å². The van der Waals surface area contributed by atoms with Gasteiger partial charge in [0, 0.05) is 25.6 Å². The zero-order valence-electron chi connectivity index (χ0n) is 13.3. The molecule has 1 aromatic carbocycles. The molecular weight excluding hydrogens is 312 g/mol. The van der Waals surface area contributed by atoms with E-state index in [-0.39, 0.29) is 18.2 Å². The number of aryl methyl sites for hydroxylation is 1. The number of amides is 2. The molecule has 0 aliphatic heterocycles. The molecule has 1 N–H and O–H groups in total. The first-order valence-corrected chi connectivity index (χ1v) is 8.35. The number of nitrogens with zero attached hydrogens (tertiary/aromatic N) is 3. The average molecular weight is 332 g/mol. The van der Waals surface area contributed by atoms with Gasteiger partial charge in [-0.05, 0) is 25.0 Å². The molecule has 1 heterocycles. The van der Waals surface area contributed by atoms with Gasteiger partial charge in [-0.25, -0.2) is 0 Å². The summed E-state index contributed by atoms with van der Waals surface area (Å²) in [6, 6.07) is 9.44. The summed E-state index contributed by atoms with van der Waals surface area (Å²) in [4.78, 5) is 25.5. The van der Waals surface area contributed by atoms with E-state index in [4.69, 9.17) is 0 Å². The van der Waals surface area contributed by atoms with E-state index in [1.54, 1.807) is 11.9 Å². The minimum atomic E-state index is -0.140. The van der Waals surface area contributed by atoms with Gasteiger partial charge in [0.25, 0.3) is 0 Å². The van der Waals surface area contributed by atoms with Gasteiger partial charge >= 0.3 is 0 Å². The predicted octanol–water partition coefficient (Wildman–Crippen LogP) is 2.87. The molecule has 122 valence electrons. The third kappa shape index (κ3) is 5.14. The topological polar surface area (TPSA) is 75.2 Å². The van der Waals surface area contributed by atoms with E-state index in [1.807, 2.05) is 37.3 Å². The molecule has 1 aromatic heterocycles. The highest BCUT2D eigenvalue weighted by molar-refractivity contribution is 7.15. The van der Waals surface area contributed by atoms with E-state index < -0.39 is 0 Å². The highest BCUT2D eigenvalue weighted by Gasteiger charge is 2.12. The Balaban J connectivity index is 1.73. The highest BCUT2D eigenvalue weighted by Crippen LogP contribution is 2.16. The molecule has 6 nitrogen and oxygen atoms in total. The Morgan fingerprint density at radius 3 is 2.57 bits per heavy atom. The van der Waals surface area contributed by atoms with Gasteiger partial charge in [-0.2, -0.15) is 0 Å². The fraction of sp³-hybridized carbons (Fsp3) is 0.375. The number of carbonyl (C=O) groups is 2. The normalized spacial score (nSPS) is 10.3. The van der Waals surface area contributed by atoms with Crippen molar-refractivity contribution in [3.05, 3.63) is 35.3 Å². The molecule has 0 radical (unpaired) electrons. The van der Waals surface area contributed by atoms with Crippen molar-refractivity contribution in [2.24, 2.45) is 0 Å². The first-order valence-electron chi connectivity index (χ1n) is 7.54. The zero-order valence-corrected chi connectivity index (χ0v) is 14.1. The monoisotopic (exact) mass is 332 g/mol. The fourth-order valence-electron chi connectivity index (χ4n) is 1.99. The van der Waals surface area contributed by atoms with E-state index >= 15 is 0 Å². The molecule has 0 saturated carbocycles. The molecule has 2 aromatic rings. The zero-order chi connectivity index (χ0) is 16.7. The van der Waals surface area contributed by atoms with Gasteiger partial charge in [-0.3, -0.25) is 9.59 Å². The SMILES string of the molecule is CCc1nnc(NC(=O)CCCC(=O)N(C)c2ccccc2)s1. The highest BCUT2D eigenvalue weighted by atomic mass is 32.1. The summed E-state index contributed by atoms with van der Waals surface area (Å²) in [6.07, 6.45) is 1.92. The molecule has 0 spiro atoms. The number of anilines is 2. The van der Waals surface area contributed by atoms with E-state index in [0.29, 0.717) is 18.0 Å². The molecule has 0 aliphatic carbocycles. The van der Waals surface area contributed by atoms with Crippen LogP contribution in [0, 0.1) is 0 Å². The Morgan fingerprint density at radius 2 is 1.91 bits per heavy atom. The largest absolute Gasteiger partial charge is 0.316 e. The molecule has 0 aliphatic rings. The fourth-order valence-corrected chi connectivity index (χ4v) is 2.69. The maximum Gasteiger partial charge on any atom is 0.226 e. The van der Waals surface area contributed by atoms with Gasteiger partial charge in [-0.15, -0.1) is 10.2 Å². The summed E-state index contributed by atoms with van der Waals surface area (Å²) in [6.45, 7) is 1.99. The second-order valence-electron chi connectivity index (χ2n) is 5.04. The van der Waals surface area contributed by atoms with Crippen LogP contribution in [0.4, 0.5) is 10.8 Å². The summed E-state index contributed by atoms with van der Waals surface area (Å²) >= 11 is 1.37. The van der Waals surface area contributed by atoms with E-state index in [2.05, 4.69) is 15.5 Å². The van der Waals surface area contributed by atoms with Crippen LogP contribution in [0.2, 0.25) is 0 Å². The molecule has 7 heteroatoms. The summed E-state index contributed by atoms with van der Waals surface area (Å²) in [5.41, 5.74) is 0.850. The predicted molar refractivity (Wildman–Crippen MR) is 91.6 cm³/mol. The van der Waals surface area contributed by atoms with Crippen molar-refractivity contribution in [1.82, 2.24) is 10.2 Å². The van der Waals surface area contributed by atoms with E-state index in [0.717, 1.165) is 17.1 Å². The van der Waals surface area contributed by atoms with Gasteiger partial charge in [0.05, 0.1) is 0 Å². The first kappa shape index (κ1) is 17.1. The molecule has 0 saturated heterocycles. The Kier molecular flexibility index (Phi) is 6.22. The molecule has 2 rings (SSSR count). The molecular formula is C16H20N4O2S. The molecule has 0 unspecified atom stereocenters. The van der Waals surface area contributed by atoms with Gasteiger partial charge < -0.3 is 10.2 Å². The Morgan fingerprint density at radius 1 is 1.17 bits per heavy atom. The van der Waals surface area contributed by atoms with Crippen LogP contribution in [0.5, 0.6) is 0 Å². The van der Waals surface area contributed by atoms with Gasteiger partial charge in [0.15, 0.2) is 0 Å². The summed E-state index contributed by atoms with van der Waals surface area (Å²) in [5.74, 6) is -0.146. The number of rotatable bonds is 7.